The molecule has 4 heteroatoms. The molecule has 2 aromatic rings. The van der Waals surface area contributed by atoms with Crippen LogP contribution in [0.5, 0.6) is 0 Å². The van der Waals surface area contributed by atoms with Crippen LogP contribution in [-0.4, -0.2) is 9.97 Å². The van der Waals surface area contributed by atoms with Crippen LogP contribution < -0.4 is 5.56 Å². The Labute approximate surface area is 105 Å². The predicted octanol–water partition coefficient (Wildman–Crippen LogP) is 2.37. The summed E-state index contributed by atoms with van der Waals surface area (Å²) < 4.78 is 0. The van der Waals surface area contributed by atoms with Crippen molar-refractivity contribution in [2.45, 2.75) is 12.8 Å². The van der Waals surface area contributed by atoms with Crippen molar-refractivity contribution in [3.05, 3.63) is 52.0 Å². The molecule has 0 N–H and O–H groups in total. The lowest BCUT2D eigenvalue weighted by Crippen LogP contribution is -2.12. The zero-order valence-corrected chi connectivity index (χ0v) is 9.91. The summed E-state index contributed by atoms with van der Waals surface area (Å²) in [7, 11) is 0. The van der Waals surface area contributed by atoms with Crippen molar-refractivity contribution in [2.24, 2.45) is 0 Å². The molecule has 0 spiro atoms. The van der Waals surface area contributed by atoms with Gasteiger partial charge in [0, 0.05) is 5.56 Å². The molecule has 17 heavy (non-hydrogen) atoms. The van der Waals surface area contributed by atoms with Gasteiger partial charge in [-0.25, -0.2) is 9.97 Å². The minimum absolute atomic E-state index is 0. The van der Waals surface area contributed by atoms with Gasteiger partial charge in [0.2, 0.25) is 0 Å². The molecule has 0 saturated carbocycles. The molecule has 1 aromatic heterocycles. The van der Waals surface area contributed by atoms with Crippen LogP contribution in [0.3, 0.4) is 0 Å². The normalized spacial score (nSPS) is 12.9. The van der Waals surface area contributed by atoms with Gasteiger partial charge in [0.15, 0.2) is 0 Å². The van der Waals surface area contributed by atoms with E-state index in [4.69, 9.17) is 0 Å². The molecule has 0 aliphatic heterocycles. The van der Waals surface area contributed by atoms with Gasteiger partial charge < -0.3 is 0 Å². The number of aromatic nitrogens is 2. The lowest BCUT2D eigenvalue weighted by molar-refractivity contribution is 0.952. The van der Waals surface area contributed by atoms with Gasteiger partial charge in [0.1, 0.15) is 0 Å². The second-order valence-electron chi connectivity index (χ2n) is 3.82. The van der Waals surface area contributed by atoms with Crippen LogP contribution in [0.2, 0.25) is 0 Å². The summed E-state index contributed by atoms with van der Waals surface area (Å²) in [6.07, 6.45) is 5.59. The average molecular weight is 247 g/mol. The zero-order valence-electron chi connectivity index (χ0n) is 9.09. The highest BCUT2D eigenvalue weighted by Gasteiger charge is 2.10. The highest BCUT2D eigenvalue weighted by molar-refractivity contribution is 5.85. The first kappa shape index (κ1) is 11.7. The molecule has 1 aliphatic rings. The first-order valence-electron chi connectivity index (χ1n) is 5.31. The lowest BCUT2D eigenvalue weighted by atomic mass is 10.0. The van der Waals surface area contributed by atoms with Crippen molar-refractivity contribution >= 4 is 29.5 Å². The van der Waals surface area contributed by atoms with Crippen molar-refractivity contribution in [3.63, 3.8) is 0 Å². The van der Waals surface area contributed by atoms with Crippen molar-refractivity contribution in [1.29, 1.82) is 0 Å². The highest BCUT2D eigenvalue weighted by Crippen LogP contribution is 2.15. The average Bonchev–Trinajstić information content (AvgIpc) is 2.45. The molecule has 0 radical (unpaired) electrons. The van der Waals surface area contributed by atoms with E-state index in [0.29, 0.717) is 5.52 Å². The van der Waals surface area contributed by atoms with Crippen molar-refractivity contribution in [1.82, 2.24) is 9.97 Å². The number of rotatable bonds is 0. The van der Waals surface area contributed by atoms with Gasteiger partial charge in [-0.15, -0.1) is 12.4 Å². The Morgan fingerprint density at radius 2 is 1.76 bits per heavy atom. The fourth-order valence-electron chi connectivity index (χ4n) is 1.93. The molecular weight excluding hydrogens is 236 g/mol. The summed E-state index contributed by atoms with van der Waals surface area (Å²) >= 11 is 0. The summed E-state index contributed by atoms with van der Waals surface area (Å²) in [5, 5.41) is 0. The van der Waals surface area contributed by atoms with Gasteiger partial charge in [-0.3, -0.25) is 4.79 Å². The number of halogens is 1. The van der Waals surface area contributed by atoms with E-state index >= 15 is 0 Å². The maximum absolute atomic E-state index is 11.9. The van der Waals surface area contributed by atoms with Gasteiger partial charge >= 0.3 is 0 Å². The minimum Gasteiger partial charge on any atom is -0.267 e. The molecule has 0 amide bonds. The maximum atomic E-state index is 11.9. The highest BCUT2D eigenvalue weighted by atomic mass is 35.5. The number of fused-ring (bicyclic) bond motifs is 2. The number of hydrogen-bond acceptors (Lipinski definition) is 3. The number of para-hydroxylation sites is 2. The standard InChI is InChI=1S/C13H10N2O.ClH/c16-13-9-5-1-2-6-10(9)14-11-7-3-4-8-12(11)15-13;/h2-4,6-8H,1,5H2;1H. The molecule has 86 valence electrons. The van der Waals surface area contributed by atoms with Gasteiger partial charge in [-0.05, 0) is 31.1 Å². The molecule has 0 atom stereocenters. The van der Waals surface area contributed by atoms with Crippen LogP contribution in [0, 0.1) is 0 Å². The Bertz CT molecular complexity index is 652. The molecular formula is C13H11ClN2O. The van der Waals surface area contributed by atoms with E-state index in [1.165, 1.54) is 0 Å². The predicted molar refractivity (Wildman–Crippen MR) is 70.4 cm³/mol. The van der Waals surface area contributed by atoms with Crippen molar-refractivity contribution in [3.8, 4) is 0 Å². The van der Waals surface area contributed by atoms with Crippen LogP contribution in [0.4, 0.5) is 0 Å². The third-order valence-corrected chi connectivity index (χ3v) is 2.75. The van der Waals surface area contributed by atoms with Crippen LogP contribution in [0.15, 0.2) is 35.1 Å². The van der Waals surface area contributed by atoms with Crippen LogP contribution in [0.1, 0.15) is 17.7 Å². The molecule has 0 bridgehead atoms. The fraction of sp³-hybridized carbons (Fsp3) is 0.154. The summed E-state index contributed by atoms with van der Waals surface area (Å²) in [6.45, 7) is 0. The summed E-state index contributed by atoms with van der Waals surface area (Å²) in [5.41, 5.74) is 2.79. The van der Waals surface area contributed by atoms with Gasteiger partial charge in [0.05, 0.1) is 16.7 Å². The Balaban J connectivity index is 0.00000108. The molecule has 1 aromatic carbocycles. The van der Waals surface area contributed by atoms with E-state index in [1.54, 1.807) is 0 Å². The second kappa shape index (κ2) is 4.63. The molecule has 0 fully saturated rings. The van der Waals surface area contributed by atoms with Crippen LogP contribution >= 0.6 is 12.4 Å². The van der Waals surface area contributed by atoms with Gasteiger partial charge in [-0.2, -0.15) is 0 Å². The third-order valence-electron chi connectivity index (χ3n) is 2.75. The number of hydrogen-bond donors (Lipinski definition) is 0. The second-order valence-corrected chi connectivity index (χ2v) is 3.82. The van der Waals surface area contributed by atoms with Gasteiger partial charge in [0.25, 0.3) is 5.56 Å². The van der Waals surface area contributed by atoms with E-state index in [2.05, 4.69) is 9.97 Å². The smallest absolute Gasteiger partial charge is 0.267 e. The van der Waals surface area contributed by atoms with Crippen molar-refractivity contribution < 1.29 is 0 Å². The summed E-state index contributed by atoms with van der Waals surface area (Å²) in [4.78, 5) is 20.5. The zero-order chi connectivity index (χ0) is 11.0. The topological polar surface area (TPSA) is 42.9 Å². The Kier molecular flexibility index (Phi) is 3.20. The van der Waals surface area contributed by atoms with E-state index in [-0.39, 0.29) is 18.0 Å². The Hall–Kier alpha value is -1.74. The largest absolute Gasteiger partial charge is 0.275 e. The minimum atomic E-state index is -0.145. The quantitative estimate of drug-likeness (QED) is 0.717. The molecule has 1 heterocycles. The number of allylic oxidation sites excluding steroid dienone is 1. The molecule has 0 unspecified atom stereocenters. The molecule has 1 aliphatic carbocycles. The van der Waals surface area contributed by atoms with E-state index < -0.39 is 0 Å². The van der Waals surface area contributed by atoms with E-state index in [0.717, 1.165) is 29.6 Å². The van der Waals surface area contributed by atoms with E-state index in [1.807, 2.05) is 36.4 Å². The van der Waals surface area contributed by atoms with E-state index in [9.17, 15) is 4.79 Å². The summed E-state index contributed by atoms with van der Waals surface area (Å²) in [5.74, 6) is 0. The van der Waals surface area contributed by atoms with Crippen LogP contribution in [-0.2, 0) is 6.42 Å². The summed E-state index contributed by atoms with van der Waals surface area (Å²) in [6, 6.07) is 7.47. The molecule has 3 rings (SSSR count). The fourth-order valence-corrected chi connectivity index (χ4v) is 1.93. The number of benzene rings is 1. The first-order chi connectivity index (χ1) is 7.84. The Morgan fingerprint density at radius 1 is 1.06 bits per heavy atom. The first-order valence-corrected chi connectivity index (χ1v) is 5.31. The van der Waals surface area contributed by atoms with Gasteiger partial charge in [-0.1, -0.05) is 18.2 Å². The third kappa shape index (κ3) is 2.06. The monoisotopic (exact) mass is 246 g/mol. The SMILES string of the molecule is Cl.O=c1nc2ccccc2nc2c1CCC=C2. The number of nitrogens with zero attached hydrogens (tertiary/aromatic N) is 2. The Morgan fingerprint density at radius 3 is 2.53 bits per heavy atom. The molecule has 0 saturated heterocycles. The molecule has 3 nitrogen and oxygen atoms in total. The van der Waals surface area contributed by atoms with Crippen LogP contribution in [0.25, 0.3) is 17.1 Å². The van der Waals surface area contributed by atoms with Crippen molar-refractivity contribution in [2.75, 3.05) is 0 Å². The maximum Gasteiger partial charge on any atom is 0.275 e. The lowest BCUT2D eigenvalue weighted by Gasteiger charge is -2.02.